The van der Waals surface area contributed by atoms with Crippen LogP contribution in [0.2, 0.25) is 10.0 Å². The van der Waals surface area contributed by atoms with Crippen molar-refractivity contribution in [3.05, 3.63) is 87.3 Å². The highest BCUT2D eigenvalue weighted by Crippen LogP contribution is 2.48. The molecule has 2 aromatic carbocycles. The Kier molecular flexibility index (Phi) is 6.38. The Hall–Kier alpha value is -2.63. The van der Waals surface area contributed by atoms with Gasteiger partial charge in [0.1, 0.15) is 17.2 Å². The van der Waals surface area contributed by atoms with Crippen LogP contribution >= 0.6 is 23.2 Å². The van der Waals surface area contributed by atoms with Crippen LogP contribution in [0.15, 0.2) is 59.7 Å². The predicted octanol–water partition coefficient (Wildman–Crippen LogP) is 6.66. The SMILES string of the molecule is CCOc1nc(C(C)(C)C)ncc1C1=N[C@@](C)(c2ccc(Cl)cc2)[C@](C)(c2ccc(Cl)cc2)N1. The number of hydrogen-bond donors (Lipinski definition) is 1. The van der Waals surface area contributed by atoms with Crippen molar-refractivity contribution in [2.24, 2.45) is 4.99 Å². The smallest absolute Gasteiger partial charge is 0.227 e. The summed E-state index contributed by atoms with van der Waals surface area (Å²) < 4.78 is 5.96. The van der Waals surface area contributed by atoms with E-state index in [1.165, 1.54) is 0 Å². The van der Waals surface area contributed by atoms with Gasteiger partial charge in [-0.1, -0.05) is 68.2 Å². The zero-order valence-electron chi connectivity index (χ0n) is 20.4. The zero-order valence-corrected chi connectivity index (χ0v) is 21.9. The van der Waals surface area contributed by atoms with E-state index >= 15 is 0 Å². The number of nitrogens with one attached hydrogen (secondary N) is 1. The van der Waals surface area contributed by atoms with Crippen LogP contribution in [-0.4, -0.2) is 22.4 Å². The molecule has 3 aromatic rings. The van der Waals surface area contributed by atoms with E-state index in [2.05, 4.69) is 44.9 Å². The Balaban J connectivity index is 1.90. The molecule has 0 spiro atoms. The fraction of sp³-hybridized carbons (Fsp3) is 0.370. The third kappa shape index (κ3) is 4.27. The average molecular weight is 497 g/mol. The fourth-order valence-electron chi connectivity index (χ4n) is 4.25. The van der Waals surface area contributed by atoms with Crippen molar-refractivity contribution in [2.45, 2.75) is 58.0 Å². The monoisotopic (exact) mass is 496 g/mol. The maximum atomic E-state index is 6.20. The van der Waals surface area contributed by atoms with E-state index in [-0.39, 0.29) is 5.41 Å². The molecule has 7 heteroatoms. The van der Waals surface area contributed by atoms with E-state index in [1.54, 1.807) is 6.20 Å². The number of aromatic nitrogens is 2. The molecule has 0 aliphatic carbocycles. The van der Waals surface area contributed by atoms with Gasteiger partial charge in [0, 0.05) is 21.7 Å². The molecule has 0 amide bonds. The van der Waals surface area contributed by atoms with Gasteiger partial charge in [-0.25, -0.2) is 4.98 Å². The first-order valence-corrected chi connectivity index (χ1v) is 12.1. The van der Waals surface area contributed by atoms with Crippen LogP contribution in [0.3, 0.4) is 0 Å². The minimum Gasteiger partial charge on any atom is -0.477 e. The number of halogens is 2. The second kappa shape index (κ2) is 8.86. The number of hydrogen-bond acceptors (Lipinski definition) is 5. The van der Waals surface area contributed by atoms with Crippen molar-refractivity contribution in [2.75, 3.05) is 6.61 Å². The first kappa shape index (κ1) is 24.5. The fourth-order valence-corrected chi connectivity index (χ4v) is 4.50. The number of amidine groups is 1. The molecule has 0 fully saturated rings. The molecule has 0 saturated heterocycles. The topological polar surface area (TPSA) is 59.4 Å². The van der Waals surface area contributed by atoms with Gasteiger partial charge in [-0.05, 0) is 56.2 Å². The minimum absolute atomic E-state index is 0.203. The highest BCUT2D eigenvalue weighted by molar-refractivity contribution is 6.30. The molecule has 0 bridgehead atoms. The number of aliphatic imine (C=N–C) groups is 1. The lowest BCUT2D eigenvalue weighted by molar-refractivity contribution is 0.268. The van der Waals surface area contributed by atoms with E-state index < -0.39 is 11.1 Å². The van der Waals surface area contributed by atoms with Gasteiger partial charge >= 0.3 is 0 Å². The van der Waals surface area contributed by atoms with Crippen molar-refractivity contribution in [1.29, 1.82) is 0 Å². The van der Waals surface area contributed by atoms with Crippen LogP contribution in [0.4, 0.5) is 0 Å². The normalized spacial score (nSPS) is 22.3. The molecule has 0 radical (unpaired) electrons. The van der Waals surface area contributed by atoms with Gasteiger partial charge < -0.3 is 10.1 Å². The standard InChI is InChI=1S/C27H30Cl2N4O/c1-7-34-23-21(16-30-24(31-23)25(2,3)4)22-32-26(5,17-8-12-19(28)13-9-17)27(6,33-22)18-10-14-20(29)15-11-18/h8-16H,7H2,1-6H3,(H,32,33)/t26-,27-/m0/s1. The van der Waals surface area contributed by atoms with Crippen molar-refractivity contribution < 1.29 is 4.74 Å². The predicted molar refractivity (Wildman–Crippen MR) is 139 cm³/mol. The number of ether oxygens (including phenoxy) is 1. The summed E-state index contributed by atoms with van der Waals surface area (Å²) in [5.74, 6) is 1.92. The van der Waals surface area contributed by atoms with E-state index in [4.69, 9.17) is 37.9 Å². The molecule has 5 nitrogen and oxygen atoms in total. The van der Waals surface area contributed by atoms with Gasteiger partial charge in [0.25, 0.3) is 0 Å². The van der Waals surface area contributed by atoms with Crippen LogP contribution in [0, 0.1) is 0 Å². The second-order valence-electron chi connectivity index (χ2n) is 9.89. The molecule has 2 heterocycles. The second-order valence-corrected chi connectivity index (χ2v) is 10.8. The third-order valence-electron chi connectivity index (χ3n) is 6.47. The van der Waals surface area contributed by atoms with Crippen molar-refractivity contribution in [1.82, 2.24) is 15.3 Å². The first-order valence-electron chi connectivity index (χ1n) is 11.4. The molecule has 178 valence electrons. The summed E-state index contributed by atoms with van der Waals surface area (Å²) >= 11 is 12.4. The van der Waals surface area contributed by atoms with E-state index in [9.17, 15) is 0 Å². The summed E-state index contributed by atoms with van der Waals surface area (Å²) in [6, 6.07) is 15.7. The molecule has 1 aromatic heterocycles. The van der Waals surface area contributed by atoms with E-state index in [0.717, 1.165) is 22.5 Å². The first-order chi connectivity index (χ1) is 16.0. The van der Waals surface area contributed by atoms with Gasteiger partial charge in [-0.15, -0.1) is 0 Å². The van der Waals surface area contributed by atoms with Gasteiger partial charge in [0.2, 0.25) is 5.88 Å². The number of nitrogens with zero attached hydrogens (tertiary/aromatic N) is 3. The van der Waals surface area contributed by atoms with Gasteiger partial charge in [-0.3, -0.25) is 4.99 Å². The molecule has 4 rings (SSSR count). The van der Waals surface area contributed by atoms with Crippen LogP contribution in [0.1, 0.15) is 64.1 Å². The summed E-state index contributed by atoms with van der Waals surface area (Å²) in [4.78, 5) is 14.7. The quantitative estimate of drug-likeness (QED) is 0.428. The Morgan fingerprint density at radius 1 is 0.912 bits per heavy atom. The zero-order chi connectivity index (χ0) is 24.7. The molecule has 2 atom stereocenters. The molecular weight excluding hydrogens is 467 g/mol. The molecule has 0 unspecified atom stereocenters. The molecule has 1 aliphatic rings. The summed E-state index contributed by atoms with van der Waals surface area (Å²) in [7, 11) is 0. The van der Waals surface area contributed by atoms with Crippen molar-refractivity contribution >= 4 is 29.0 Å². The molecule has 1 N–H and O–H groups in total. The maximum Gasteiger partial charge on any atom is 0.227 e. The highest BCUT2D eigenvalue weighted by atomic mass is 35.5. The van der Waals surface area contributed by atoms with Crippen LogP contribution in [0.25, 0.3) is 0 Å². The van der Waals surface area contributed by atoms with Crippen LogP contribution in [0.5, 0.6) is 5.88 Å². The lowest BCUT2D eigenvalue weighted by atomic mass is 9.72. The number of rotatable bonds is 5. The summed E-state index contributed by atoms with van der Waals surface area (Å²) in [5.41, 5.74) is 1.36. The number of benzene rings is 2. The minimum atomic E-state index is -0.660. The molecule has 0 saturated carbocycles. The van der Waals surface area contributed by atoms with Crippen molar-refractivity contribution in [3.8, 4) is 5.88 Å². The summed E-state index contributed by atoms with van der Waals surface area (Å²) in [6.45, 7) is 12.9. The van der Waals surface area contributed by atoms with Gasteiger partial charge in [0.05, 0.1) is 17.7 Å². The highest BCUT2D eigenvalue weighted by Gasteiger charge is 2.52. The van der Waals surface area contributed by atoms with Crippen molar-refractivity contribution in [3.63, 3.8) is 0 Å². The third-order valence-corrected chi connectivity index (χ3v) is 6.97. The molecule has 34 heavy (non-hydrogen) atoms. The van der Waals surface area contributed by atoms with E-state index in [1.807, 2.05) is 55.5 Å². The summed E-state index contributed by atoms with van der Waals surface area (Å²) in [5, 5.41) is 5.06. The average Bonchev–Trinajstić information content (AvgIpc) is 3.06. The summed E-state index contributed by atoms with van der Waals surface area (Å²) in [6.07, 6.45) is 1.81. The van der Waals surface area contributed by atoms with Crippen LogP contribution in [-0.2, 0) is 16.5 Å². The van der Waals surface area contributed by atoms with Gasteiger partial charge in [0.15, 0.2) is 0 Å². The van der Waals surface area contributed by atoms with Gasteiger partial charge in [-0.2, -0.15) is 4.98 Å². The van der Waals surface area contributed by atoms with E-state index in [0.29, 0.717) is 28.4 Å². The lowest BCUT2D eigenvalue weighted by Crippen LogP contribution is -2.50. The molecular formula is C27H30Cl2N4O. The Bertz CT molecular complexity index is 1220. The molecule has 1 aliphatic heterocycles. The Labute approximate surface area is 211 Å². The Morgan fingerprint density at radius 3 is 2.00 bits per heavy atom. The largest absolute Gasteiger partial charge is 0.477 e. The van der Waals surface area contributed by atoms with Crippen LogP contribution < -0.4 is 10.1 Å². The maximum absolute atomic E-state index is 6.20. The Morgan fingerprint density at radius 2 is 1.47 bits per heavy atom. The lowest BCUT2D eigenvalue weighted by Gasteiger charge is -2.40.